The highest BCUT2D eigenvalue weighted by atomic mass is 31.2. The summed E-state index contributed by atoms with van der Waals surface area (Å²) >= 11 is 0. The number of aromatic amines is 2. The zero-order chi connectivity index (χ0) is 18.8. The molecule has 0 aliphatic heterocycles. The number of H-pyrrole nitrogens is 2. The van der Waals surface area contributed by atoms with Crippen molar-refractivity contribution in [3.63, 3.8) is 0 Å². The maximum absolute atomic E-state index is 6.14. The van der Waals surface area contributed by atoms with Crippen molar-refractivity contribution >= 4 is 30.1 Å². The molecular formula is C22H17N2O3P. The second kappa shape index (κ2) is 7.29. The van der Waals surface area contributed by atoms with E-state index in [0.717, 1.165) is 21.5 Å². The van der Waals surface area contributed by atoms with Gasteiger partial charge in [0.25, 0.3) is 0 Å². The second-order valence-electron chi connectivity index (χ2n) is 6.22. The van der Waals surface area contributed by atoms with Gasteiger partial charge >= 0.3 is 8.60 Å². The third kappa shape index (κ3) is 3.28. The van der Waals surface area contributed by atoms with Gasteiger partial charge in [-0.05, 0) is 24.3 Å². The number of rotatable bonds is 6. The number of fused-ring (bicyclic) bond motifs is 2. The molecule has 5 rings (SSSR count). The molecule has 2 N–H and O–H groups in total. The summed E-state index contributed by atoms with van der Waals surface area (Å²) in [6, 6.07) is 25.5. The Kier molecular flexibility index (Phi) is 4.36. The predicted octanol–water partition coefficient (Wildman–Crippen LogP) is 6.41. The fourth-order valence-electron chi connectivity index (χ4n) is 3.02. The van der Waals surface area contributed by atoms with Gasteiger partial charge in [-0.1, -0.05) is 54.6 Å². The molecule has 0 spiro atoms. The first-order valence-corrected chi connectivity index (χ1v) is 9.98. The summed E-state index contributed by atoms with van der Waals surface area (Å²) in [7, 11) is -1.75. The van der Waals surface area contributed by atoms with E-state index >= 15 is 0 Å². The topological polar surface area (TPSA) is 59.3 Å². The fourth-order valence-corrected chi connectivity index (χ4v) is 4.03. The smallest absolute Gasteiger partial charge is 0.408 e. The normalized spacial score (nSPS) is 11.2. The Morgan fingerprint density at radius 2 is 1.04 bits per heavy atom. The number of hydrogen-bond acceptors (Lipinski definition) is 3. The van der Waals surface area contributed by atoms with Gasteiger partial charge in [0.05, 0.1) is 0 Å². The number of benzene rings is 3. The Morgan fingerprint density at radius 1 is 0.536 bits per heavy atom. The van der Waals surface area contributed by atoms with E-state index in [9.17, 15) is 0 Å². The first kappa shape index (κ1) is 16.7. The lowest BCUT2D eigenvalue weighted by atomic mass is 10.2. The molecule has 28 heavy (non-hydrogen) atoms. The van der Waals surface area contributed by atoms with E-state index in [1.165, 1.54) is 0 Å². The van der Waals surface area contributed by atoms with Gasteiger partial charge in [-0.25, -0.2) is 0 Å². The van der Waals surface area contributed by atoms with Crippen LogP contribution in [0.2, 0.25) is 0 Å². The summed E-state index contributed by atoms with van der Waals surface area (Å²) in [5.74, 6) is 1.92. The summed E-state index contributed by atoms with van der Waals surface area (Å²) in [4.78, 5) is 6.34. The fraction of sp³-hybridized carbons (Fsp3) is 0. The van der Waals surface area contributed by atoms with Gasteiger partial charge in [0.2, 0.25) is 11.8 Å². The number of para-hydroxylation sites is 1. The summed E-state index contributed by atoms with van der Waals surface area (Å²) in [5, 5.41) is 4.09. The molecule has 0 aliphatic carbocycles. The van der Waals surface area contributed by atoms with Crippen LogP contribution in [0.5, 0.6) is 17.5 Å². The minimum atomic E-state index is -1.75. The second-order valence-corrected chi connectivity index (χ2v) is 7.22. The molecule has 3 aromatic carbocycles. The van der Waals surface area contributed by atoms with E-state index < -0.39 is 8.60 Å². The van der Waals surface area contributed by atoms with Crippen LogP contribution in [0.25, 0.3) is 21.5 Å². The molecule has 138 valence electrons. The van der Waals surface area contributed by atoms with Crippen molar-refractivity contribution in [2.24, 2.45) is 0 Å². The molecular weight excluding hydrogens is 371 g/mol. The Hall–Kier alpha value is -3.43. The molecule has 6 heteroatoms. The lowest BCUT2D eigenvalue weighted by molar-refractivity contribution is 0.381. The average molecular weight is 388 g/mol. The zero-order valence-corrected chi connectivity index (χ0v) is 15.7. The lowest BCUT2D eigenvalue weighted by Crippen LogP contribution is -2.03. The summed E-state index contributed by atoms with van der Waals surface area (Å²) in [5.41, 5.74) is 0. The molecule has 0 unspecified atom stereocenters. The van der Waals surface area contributed by atoms with E-state index in [-0.39, 0.29) is 0 Å². The van der Waals surface area contributed by atoms with Crippen molar-refractivity contribution in [2.75, 3.05) is 0 Å². The van der Waals surface area contributed by atoms with Crippen molar-refractivity contribution in [1.82, 2.24) is 9.97 Å². The molecule has 2 aromatic heterocycles. The van der Waals surface area contributed by atoms with Crippen LogP contribution in [0, 0.1) is 0 Å². The van der Waals surface area contributed by atoms with E-state index in [4.69, 9.17) is 13.6 Å². The first-order valence-electron chi connectivity index (χ1n) is 8.88. The highest BCUT2D eigenvalue weighted by Crippen LogP contribution is 2.44. The van der Waals surface area contributed by atoms with E-state index in [2.05, 4.69) is 9.97 Å². The van der Waals surface area contributed by atoms with Crippen LogP contribution in [0.4, 0.5) is 0 Å². The summed E-state index contributed by atoms with van der Waals surface area (Å²) < 4.78 is 18.3. The quantitative estimate of drug-likeness (QED) is 0.330. The standard InChI is InChI=1S/C22H17N2O3P/c1-2-10-18(11-3-1)25-28(26-21-19-12-6-4-8-16(19)14-23-21)27-22-20-13-7-5-9-17(20)15-24-22/h1-15,23-24H. The molecule has 5 nitrogen and oxygen atoms in total. The molecule has 2 heterocycles. The van der Waals surface area contributed by atoms with Gasteiger partial charge in [-0.2, -0.15) is 0 Å². The minimum Gasteiger partial charge on any atom is -0.408 e. The summed E-state index contributed by atoms with van der Waals surface area (Å²) in [6.45, 7) is 0. The number of aromatic nitrogens is 2. The third-order valence-electron chi connectivity index (χ3n) is 4.38. The minimum absolute atomic E-state index is 0.619. The highest BCUT2D eigenvalue weighted by Gasteiger charge is 2.23. The molecule has 0 saturated carbocycles. The molecule has 0 fully saturated rings. The van der Waals surface area contributed by atoms with Crippen LogP contribution < -0.4 is 13.6 Å². The predicted molar refractivity (Wildman–Crippen MR) is 112 cm³/mol. The van der Waals surface area contributed by atoms with E-state index in [1.54, 1.807) is 0 Å². The monoisotopic (exact) mass is 388 g/mol. The highest BCUT2D eigenvalue weighted by molar-refractivity contribution is 7.43. The largest absolute Gasteiger partial charge is 0.532 e. The van der Waals surface area contributed by atoms with Crippen LogP contribution in [0.15, 0.2) is 91.3 Å². The SMILES string of the molecule is c1ccc(OP(Oc2[nH]cc3ccccc23)Oc2[nH]cc3ccccc23)cc1. The van der Waals surface area contributed by atoms with Gasteiger partial charge in [-0.3, -0.25) is 0 Å². The molecule has 0 radical (unpaired) electrons. The Balaban J connectivity index is 1.47. The molecule has 5 aromatic rings. The molecule has 0 atom stereocenters. The van der Waals surface area contributed by atoms with Crippen molar-refractivity contribution < 1.29 is 13.6 Å². The maximum Gasteiger partial charge on any atom is 0.532 e. The van der Waals surface area contributed by atoms with Gasteiger partial charge in [0.1, 0.15) is 5.75 Å². The van der Waals surface area contributed by atoms with Crippen LogP contribution in [-0.4, -0.2) is 9.97 Å². The van der Waals surface area contributed by atoms with Gasteiger partial charge in [0.15, 0.2) is 0 Å². The molecule has 0 amide bonds. The van der Waals surface area contributed by atoms with Crippen LogP contribution in [0.1, 0.15) is 0 Å². The average Bonchev–Trinajstić information content (AvgIpc) is 3.34. The van der Waals surface area contributed by atoms with Crippen LogP contribution in [-0.2, 0) is 0 Å². The third-order valence-corrected chi connectivity index (χ3v) is 5.41. The molecule has 0 saturated heterocycles. The van der Waals surface area contributed by atoms with Crippen molar-refractivity contribution in [1.29, 1.82) is 0 Å². The van der Waals surface area contributed by atoms with Gasteiger partial charge < -0.3 is 23.5 Å². The van der Waals surface area contributed by atoms with Crippen LogP contribution in [0.3, 0.4) is 0 Å². The van der Waals surface area contributed by atoms with Crippen molar-refractivity contribution in [3.8, 4) is 17.5 Å². The number of nitrogens with one attached hydrogen (secondary N) is 2. The van der Waals surface area contributed by atoms with Crippen molar-refractivity contribution in [2.45, 2.75) is 0 Å². The van der Waals surface area contributed by atoms with Crippen molar-refractivity contribution in [3.05, 3.63) is 91.3 Å². The Bertz CT molecular complexity index is 1140. The maximum atomic E-state index is 6.14. The van der Waals surface area contributed by atoms with Crippen LogP contribution >= 0.6 is 8.60 Å². The van der Waals surface area contributed by atoms with E-state index in [0.29, 0.717) is 17.5 Å². The number of hydrogen-bond donors (Lipinski definition) is 2. The molecule has 0 aliphatic rings. The van der Waals surface area contributed by atoms with Gasteiger partial charge in [-0.15, -0.1) is 0 Å². The Labute approximate surface area is 162 Å². The summed E-state index contributed by atoms with van der Waals surface area (Å²) in [6.07, 6.45) is 3.81. The zero-order valence-electron chi connectivity index (χ0n) is 14.8. The Morgan fingerprint density at radius 3 is 1.61 bits per heavy atom. The van der Waals surface area contributed by atoms with E-state index in [1.807, 2.05) is 91.3 Å². The lowest BCUT2D eigenvalue weighted by Gasteiger charge is -2.16. The van der Waals surface area contributed by atoms with Gasteiger partial charge in [0, 0.05) is 33.9 Å². The first-order chi connectivity index (χ1) is 13.9. The molecule has 0 bridgehead atoms.